The van der Waals surface area contributed by atoms with E-state index in [1.54, 1.807) is 5.32 Å². The van der Waals surface area contributed by atoms with Gasteiger partial charge in [-0.05, 0) is 25.0 Å². The molecule has 2 N–H and O–H groups in total. The monoisotopic (exact) mass is 260 g/mol. The van der Waals surface area contributed by atoms with Gasteiger partial charge in [0.1, 0.15) is 6.54 Å². The third kappa shape index (κ3) is 4.65. The second kappa shape index (κ2) is 5.75. The van der Waals surface area contributed by atoms with Crippen molar-refractivity contribution in [2.45, 2.75) is 20.0 Å². The molecule has 18 heavy (non-hydrogen) atoms. The van der Waals surface area contributed by atoms with Crippen molar-refractivity contribution in [3.05, 3.63) is 29.3 Å². The molecular formula is C12H15F3N2O. The van der Waals surface area contributed by atoms with Crippen molar-refractivity contribution in [2.75, 3.05) is 18.4 Å². The maximum atomic E-state index is 11.9. The SMILES string of the molecule is Cc1cccc(C)c1NCC(=O)NCC(F)(F)F. The predicted molar refractivity (Wildman–Crippen MR) is 63.5 cm³/mol. The first-order valence-electron chi connectivity index (χ1n) is 5.43. The Morgan fingerprint density at radius 1 is 1.22 bits per heavy atom. The molecule has 1 aromatic rings. The Morgan fingerprint density at radius 2 is 1.78 bits per heavy atom. The third-order valence-corrected chi connectivity index (χ3v) is 2.39. The molecule has 0 spiro atoms. The van der Waals surface area contributed by atoms with E-state index in [2.05, 4.69) is 5.32 Å². The van der Waals surface area contributed by atoms with Gasteiger partial charge in [-0.25, -0.2) is 0 Å². The number of hydrogen-bond donors (Lipinski definition) is 2. The van der Waals surface area contributed by atoms with Crippen LogP contribution >= 0.6 is 0 Å². The van der Waals surface area contributed by atoms with E-state index in [1.807, 2.05) is 32.0 Å². The van der Waals surface area contributed by atoms with Crippen LogP contribution in [0.5, 0.6) is 0 Å². The van der Waals surface area contributed by atoms with E-state index in [1.165, 1.54) is 0 Å². The number of carbonyl (C=O) groups excluding carboxylic acids is 1. The van der Waals surface area contributed by atoms with E-state index in [9.17, 15) is 18.0 Å². The largest absolute Gasteiger partial charge is 0.405 e. The Kier molecular flexibility index (Phi) is 4.58. The molecule has 0 atom stereocenters. The molecule has 100 valence electrons. The summed E-state index contributed by atoms with van der Waals surface area (Å²) in [4.78, 5) is 11.2. The number of alkyl halides is 3. The fraction of sp³-hybridized carbons (Fsp3) is 0.417. The van der Waals surface area contributed by atoms with Crippen molar-refractivity contribution in [3.63, 3.8) is 0 Å². The van der Waals surface area contributed by atoms with E-state index in [0.29, 0.717) is 0 Å². The van der Waals surface area contributed by atoms with Gasteiger partial charge in [0.15, 0.2) is 0 Å². The lowest BCUT2D eigenvalue weighted by atomic mass is 10.1. The highest BCUT2D eigenvalue weighted by Crippen LogP contribution is 2.18. The minimum atomic E-state index is -4.38. The van der Waals surface area contributed by atoms with Crippen molar-refractivity contribution < 1.29 is 18.0 Å². The molecule has 0 aliphatic rings. The topological polar surface area (TPSA) is 41.1 Å². The van der Waals surface area contributed by atoms with Crippen LogP contribution in [-0.2, 0) is 4.79 Å². The summed E-state index contributed by atoms with van der Waals surface area (Å²) in [5, 5.41) is 4.64. The summed E-state index contributed by atoms with van der Waals surface area (Å²) in [6.07, 6.45) is -4.38. The average Bonchev–Trinajstić information content (AvgIpc) is 2.25. The number of benzene rings is 1. The second-order valence-electron chi connectivity index (χ2n) is 4.01. The van der Waals surface area contributed by atoms with E-state index in [4.69, 9.17) is 0 Å². The van der Waals surface area contributed by atoms with Crippen LogP contribution in [0.25, 0.3) is 0 Å². The molecule has 0 aromatic heterocycles. The molecule has 0 aliphatic carbocycles. The van der Waals surface area contributed by atoms with Crippen LogP contribution in [-0.4, -0.2) is 25.2 Å². The first-order chi connectivity index (χ1) is 8.29. The van der Waals surface area contributed by atoms with Crippen LogP contribution < -0.4 is 10.6 Å². The highest BCUT2D eigenvalue weighted by atomic mass is 19.4. The van der Waals surface area contributed by atoms with Gasteiger partial charge in [0.2, 0.25) is 5.91 Å². The summed E-state index contributed by atoms with van der Waals surface area (Å²) in [6.45, 7) is 2.24. The number of para-hydroxylation sites is 1. The number of anilines is 1. The van der Waals surface area contributed by atoms with E-state index in [-0.39, 0.29) is 6.54 Å². The zero-order valence-electron chi connectivity index (χ0n) is 10.2. The molecule has 1 aromatic carbocycles. The smallest absolute Gasteiger partial charge is 0.376 e. The number of halogens is 3. The van der Waals surface area contributed by atoms with Gasteiger partial charge in [0.25, 0.3) is 0 Å². The lowest BCUT2D eigenvalue weighted by Crippen LogP contribution is -2.37. The first-order valence-corrected chi connectivity index (χ1v) is 5.43. The molecule has 0 fully saturated rings. The highest BCUT2D eigenvalue weighted by molar-refractivity contribution is 5.81. The molecule has 0 bridgehead atoms. The maximum Gasteiger partial charge on any atom is 0.405 e. The number of amides is 1. The van der Waals surface area contributed by atoms with Crippen LogP contribution in [0.4, 0.5) is 18.9 Å². The summed E-state index contributed by atoms with van der Waals surface area (Å²) < 4.78 is 35.6. The molecule has 0 heterocycles. The van der Waals surface area contributed by atoms with Crippen molar-refractivity contribution in [1.82, 2.24) is 5.32 Å². The quantitative estimate of drug-likeness (QED) is 0.872. The van der Waals surface area contributed by atoms with Gasteiger partial charge in [-0.1, -0.05) is 18.2 Å². The molecule has 6 heteroatoms. The van der Waals surface area contributed by atoms with Gasteiger partial charge in [-0.2, -0.15) is 13.2 Å². The summed E-state index contributed by atoms with van der Waals surface area (Å²) in [7, 11) is 0. The van der Waals surface area contributed by atoms with Crippen LogP contribution in [0.15, 0.2) is 18.2 Å². The summed E-state index contributed by atoms with van der Waals surface area (Å²) in [5.41, 5.74) is 2.66. The number of nitrogens with one attached hydrogen (secondary N) is 2. The summed E-state index contributed by atoms with van der Waals surface area (Å²) in [5.74, 6) is -0.685. The molecule has 1 rings (SSSR count). The van der Waals surface area contributed by atoms with Crippen molar-refractivity contribution >= 4 is 11.6 Å². The average molecular weight is 260 g/mol. The number of carbonyl (C=O) groups is 1. The molecule has 0 radical (unpaired) electrons. The van der Waals surface area contributed by atoms with Crippen LogP contribution in [0.2, 0.25) is 0 Å². The highest BCUT2D eigenvalue weighted by Gasteiger charge is 2.27. The van der Waals surface area contributed by atoms with Crippen molar-refractivity contribution in [2.24, 2.45) is 0 Å². The molecular weight excluding hydrogens is 245 g/mol. The Balaban J connectivity index is 2.48. The second-order valence-corrected chi connectivity index (χ2v) is 4.01. The molecule has 0 aliphatic heterocycles. The van der Waals surface area contributed by atoms with Gasteiger partial charge in [0.05, 0.1) is 6.54 Å². The fourth-order valence-corrected chi connectivity index (χ4v) is 1.52. The van der Waals surface area contributed by atoms with Crippen LogP contribution in [0.3, 0.4) is 0 Å². The number of aryl methyl sites for hydroxylation is 2. The molecule has 0 saturated carbocycles. The Morgan fingerprint density at radius 3 is 2.28 bits per heavy atom. The van der Waals surface area contributed by atoms with Gasteiger partial charge in [-0.15, -0.1) is 0 Å². The number of hydrogen-bond acceptors (Lipinski definition) is 2. The lowest BCUT2D eigenvalue weighted by Gasteiger charge is -2.13. The van der Waals surface area contributed by atoms with Gasteiger partial charge < -0.3 is 10.6 Å². The summed E-state index contributed by atoms with van der Waals surface area (Å²) in [6, 6.07) is 5.60. The zero-order chi connectivity index (χ0) is 13.8. The van der Waals surface area contributed by atoms with Crippen LogP contribution in [0.1, 0.15) is 11.1 Å². The van der Waals surface area contributed by atoms with Gasteiger partial charge in [0, 0.05) is 5.69 Å². The lowest BCUT2D eigenvalue weighted by molar-refractivity contribution is -0.137. The van der Waals surface area contributed by atoms with Gasteiger partial charge in [-0.3, -0.25) is 4.79 Å². The Bertz CT molecular complexity index is 410. The maximum absolute atomic E-state index is 11.9. The predicted octanol–water partition coefficient (Wildman–Crippen LogP) is 2.39. The molecule has 0 saturated heterocycles. The summed E-state index contributed by atoms with van der Waals surface area (Å²) >= 11 is 0. The molecule has 0 unspecified atom stereocenters. The van der Waals surface area contributed by atoms with E-state index >= 15 is 0 Å². The van der Waals surface area contributed by atoms with Crippen molar-refractivity contribution in [1.29, 1.82) is 0 Å². The first kappa shape index (κ1) is 14.3. The van der Waals surface area contributed by atoms with E-state index < -0.39 is 18.6 Å². The molecule has 1 amide bonds. The van der Waals surface area contributed by atoms with Gasteiger partial charge >= 0.3 is 6.18 Å². The van der Waals surface area contributed by atoms with E-state index in [0.717, 1.165) is 16.8 Å². The molecule has 3 nitrogen and oxygen atoms in total. The standard InChI is InChI=1S/C12H15F3N2O/c1-8-4-3-5-9(2)11(8)16-6-10(18)17-7-12(13,14)15/h3-5,16H,6-7H2,1-2H3,(H,17,18). The minimum absolute atomic E-state index is 0.179. The van der Waals surface area contributed by atoms with Crippen LogP contribution in [0, 0.1) is 13.8 Å². The normalized spacial score (nSPS) is 11.2. The zero-order valence-corrected chi connectivity index (χ0v) is 10.2. The minimum Gasteiger partial charge on any atom is -0.376 e. The third-order valence-electron chi connectivity index (χ3n) is 2.39. The Hall–Kier alpha value is -1.72. The Labute approximate surface area is 103 Å². The number of rotatable bonds is 4. The fourth-order valence-electron chi connectivity index (χ4n) is 1.52. The van der Waals surface area contributed by atoms with Crippen molar-refractivity contribution in [3.8, 4) is 0 Å².